The molecule has 5 heteroatoms. The Balaban J connectivity index is 2.21. The van der Waals surface area contributed by atoms with E-state index in [2.05, 4.69) is 6.92 Å². The number of nitrogens with zero attached hydrogens (tertiary/aromatic N) is 1. The topological polar surface area (TPSA) is 63.4 Å². The Kier molecular flexibility index (Phi) is 4.83. The minimum absolute atomic E-state index is 0.0286. The molecule has 1 aliphatic heterocycles. The Hall–Kier alpha value is -0.910. The minimum Gasteiger partial charge on any atom is -0.328 e. The standard InChI is InChI=1S/C15H24N2O2S/c1-3-4-13-5-7-15(8-6-13)20(18,19)17-10-9-14(16)11-12(17)2/h5-8,12,14H,3-4,9-11,16H2,1-2H3/t12-,14-/m1/s1. The normalized spacial score (nSPS) is 24.8. The molecule has 2 N–H and O–H groups in total. The van der Waals surface area contributed by atoms with Gasteiger partial charge in [0.15, 0.2) is 0 Å². The summed E-state index contributed by atoms with van der Waals surface area (Å²) in [5.74, 6) is 0. The molecule has 0 aliphatic carbocycles. The van der Waals surface area contributed by atoms with Crippen LogP contribution in [0.25, 0.3) is 0 Å². The summed E-state index contributed by atoms with van der Waals surface area (Å²) < 4.78 is 26.9. The summed E-state index contributed by atoms with van der Waals surface area (Å²) in [4.78, 5) is 0.389. The Morgan fingerprint density at radius 1 is 1.30 bits per heavy atom. The summed E-state index contributed by atoms with van der Waals surface area (Å²) in [6, 6.07) is 7.36. The van der Waals surface area contributed by atoms with Gasteiger partial charge in [0.2, 0.25) is 10.0 Å². The number of benzene rings is 1. The van der Waals surface area contributed by atoms with Gasteiger partial charge < -0.3 is 5.73 Å². The second kappa shape index (κ2) is 6.24. The lowest BCUT2D eigenvalue weighted by atomic mass is 10.0. The average Bonchev–Trinajstić information content (AvgIpc) is 2.39. The SMILES string of the molecule is CCCc1ccc(S(=O)(=O)N2CC[C@@H](N)C[C@H]2C)cc1. The first-order valence-electron chi connectivity index (χ1n) is 7.31. The molecule has 0 radical (unpaired) electrons. The summed E-state index contributed by atoms with van der Waals surface area (Å²) >= 11 is 0. The van der Waals surface area contributed by atoms with E-state index in [1.807, 2.05) is 19.1 Å². The lowest BCUT2D eigenvalue weighted by molar-refractivity contribution is 0.247. The third-order valence-electron chi connectivity index (χ3n) is 3.92. The molecule has 0 spiro atoms. The lowest BCUT2D eigenvalue weighted by Gasteiger charge is -2.35. The molecule has 1 heterocycles. The van der Waals surface area contributed by atoms with Crippen LogP contribution in [0.4, 0.5) is 0 Å². The van der Waals surface area contributed by atoms with Crippen LogP contribution in [0, 0.1) is 0 Å². The van der Waals surface area contributed by atoms with Crippen molar-refractivity contribution in [2.45, 2.75) is 56.5 Å². The van der Waals surface area contributed by atoms with Gasteiger partial charge in [0.25, 0.3) is 0 Å². The fourth-order valence-electron chi connectivity index (χ4n) is 2.80. The molecule has 1 aliphatic rings. The zero-order valence-corrected chi connectivity index (χ0v) is 13.1. The Bertz CT molecular complexity index is 539. The van der Waals surface area contributed by atoms with Gasteiger partial charge in [0.1, 0.15) is 0 Å². The number of sulfonamides is 1. The lowest BCUT2D eigenvalue weighted by Crippen LogP contribution is -2.48. The fraction of sp³-hybridized carbons (Fsp3) is 0.600. The maximum absolute atomic E-state index is 12.7. The molecule has 20 heavy (non-hydrogen) atoms. The molecular weight excluding hydrogens is 272 g/mol. The van der Waals surface area contributed by atoms with E-state index in [0.717, 1.165) is 25.7 Å². The van der Waals surface area contributed by atoms with Gasteiger partial charge in [-0.15, -0.1) is 0 Å². The smallest absolute Gasteiger partial charge is 0.243 e. The van der Waals surface area contributed by atoms with Crippen molar-refractivity contribution in [1.29, 1.82) is 0 Å². The molecule has 1 saturated heterocycles. The minimum atomic E-state index is -3.39. The second-order valence-electron chi connectivity index (χ2n) is 5.64. The zero-order chi connectivity index (χ0) is 14.8. The van der Waals surface area contributed by atoms with Crippen molar-refractivity contribution in [2.75, 3.05) is 6.54 Å². The van der Waals surface area contributed by atoms with Crippen LogP contribution >= 0.6 is 0 Å². The van der Waals surface area contributed by atoms with Crippen LogP contribution in [0.3, 0.4) is 0 Å². The Morgan fingerprint density at radius 2 is 1.95 bits per heavy atom. The van der Waals surface area contributed by atoms with Crippen LogP contribution in [-0.2, 0) is 16.4 Å². The van der Waals surface area contributed by atoms with Crippen LogP contribution < -0.4 is 5.73 Å². The monoisotopic (exact) mass is 296 g/mol. The summed E-state index contributed by atoms with van der Waals surface area (Å²) in [5, 5.41) is 0. The molecule has 0 saturated carbocycles. The van der Waals surface area contributed by atoms with E-state index in [1.54, 1.807) is 16.4 Å². The molecule has 1 fully saturated rings. The summed E-state index contributed by atoms with van der Waals surface area (Å²) in [5.41, 5.74) is 7.08. The quantitative estimate of drug-likeness (QED) is 0.926. The second-order valence-corrected chi connectivity index (χ2v) is 7.53. The number of rotatable bonds is 4. The third-order valence-corrected chi connectivity index (χ3v) is 5.95. The van der Waals surface area contributed by atoms with Crippen LogP contribution in [0.2, 0.25) is 0 Å². The molecule has 112 valence electrons. The van der Waals surface area contributed by atoms with E-state index in [1.165, 1.54) is 5.56 Å². The van der Waals surface area contributed by atoms with Crippen molar-refractivity contribution in [2.24, 2.45) is 5.73 Å². The van der Waals surface area contributed by atoms with Crippen molar-refractivity contribution in [1.82, 2.24) is 4.31 Å². The van der Waals surface area contributed by atoms with Crippen molar-refractivity contribution in [3.05, 3.63) is 29.8 Å². The highest BCUT2D eigenvalue weighted by molar-refractivity contribution is 7.89. The number of hydrogen-bond acceptors (Lipinski definition) is 3. The van der Waals surface area contributed by atoms with E-state index >= 15 is 0 Å². The highest BCUT2D eigenvalue weighted by Gasteiger charge is 2.33. The van der Waals surface area contributed by atoms with Crippen molar-refractivity contribution in [3.8, 4) is 0 Å². The van der Waals surface area contributed by atoms with E-state index in [4.69, 9.17) is 5.73 Å². The third kappa shape index (κ3) is 3.22. The predicted octanol–water partition coefficient (Wildman–Crippen LogP) is 2.14. The molecular formula is C15H24N2O2S. The van der Waals surface area contributed by atoms with Crippen LogP contribution in [0.5, 0.6) is 0 Å². The summed E-state index contributed by atoms with van der Waals surface area (Å²) in [6.45, 7) is 4.56. The average molecular weight is 296 g/mol. The molecule has 0 amide bonds. The van der Waals surface area contributed by atoms with Gasteiger partial charge in [-0.3, -0.25) is 0 Å². The van der Waals surface area contributed by atoms with E-state index in [0.29, 0.717) is 11.4 Å². The van der Waals surface area contributed by atoms with Gasteiger partial charge in [0.05, 0.1) is 4.90 Å². The maximum atomic E-state index is 12.7. The fourth-order valence-corrected chi connectivity index (χ4v) is 4.45. The van der Waals surface area contributed by atoms with E-state index < -0.39 is 10.0 Å². The molecule has 1 aromatic rings. The number of aryl methyl sites for hydroxylation is 1. The molecule has 0 unspecified atom stereocenters. The van der Waals surface area contributed by atoms with Gasteiger partial charge in [-0.1, -0.05) is 25.5 Å². The summed E-state index contributed by atoms with van der Waals surface area (Å²) in [6.07, 6.45) is 3.51. The van der Waals surface area contributed by atoms with Crippen molar-refractivity contribution >= 4 is 10.0 Å². The van der Waals surface area contributed by atoms with E-state index in [9.17, 15) is 8.42 Å². The molecule has 0 aromatic heterocycles. The highest BCUT2D eigenvalue weighted by Crippen LogP contribution is 2.25. The van der Waals surface area contributed by atoms with Gasteiger partial charge >= 0.3 is 0 Å². The van der Waals surface area contributed by atoms with Gasteiger partial charge in [-0.2, -0.15) is 4.31 Å². The first kappa shape index (κ1) is 15.5. The maximum Gasteiger partial charge on any atom is 0.243 e. The van der Waals surface area contributed by atoms with Crippen LogP contribution in [-0.4, -0.2) is 31.4 Å². The number of piperidine rings is 1. The number of hydrogen-bond donors (Lipinski definition) is 1. The van der Waals surface area contributed by atoms with Crippen LogP contribution in [0.1, 0.15) is 38.7 Å². The molecule has 2 atom stereocenters. The predicted molar refractivity (Wildman–Crippen MR) is 81.0 cm³/mol. The largest absolute Gasteiger partial charge is 0.328 e. The van der Waals surface area contributed by atoms with Crippen molar-refractivity contribution < 1.29 is 8.42 Å². The highest BCUT2D eigenvalue weighted by atomic mass is 32.2. The zero-order valence-electron chi connectivity index (χ0n) is 12.2. The van der Waals surface area contributed by atoms with E-state index in [-0.39, 0.29) is 12.1 Å². The van der Waals surface area contributed by atoms with Gasteiger partial charge in [0, 0.05) is 18.6 Å². The number of nitrogens with two attached hydrogens (primary N) is 1. The van der Waals surface area contributed by atoms with Crippen LogP contribution in [0.15, 0.2) is 29.2 Å². The molecule has 2 rings (SSSR count). The molecule has 4 nitrogen and oxygen atoms in total. The first-order valence-corrected chi connectivity index (χ1v) is 8.75. The molecule has 0 bridgehead atoms. The Labute approximate surface area is 122 Å². The van der Waals surface area contributed by atoms with Crippen molar-refractivity contribution in [3.63, 3.8) is 0 Å². The summed E-state index contributed by atoms with van der Waals surface area (Å²) in [7, 11) is -3.39. The molecule has 1 aromatic carbocycles. The Morgan fingerprint density at radius 3 is 2.50 bits per heavy atom. The first-order chi connectivity index (χ1) is 9.45. The van der Waals surface area contributed by atoms with Gasteiger partial charge in [-0.25, -0.2) is 8.42 Å². The van der Waals surface area contributed by atoms with Gasteiger partial charge in [-0.05, 0) is 43.9 Å².